The number of rotatable bonds is 3. The van der Waals surface area contributed by atoms with Crippen LogP contribution in [0.4, 0.5) is 0 Å². The number of pyridine rings is 1. The van der Waals surface area contributed by atoms with Gasteiger partial charge in [0.1, 0.15) is 5.56 Å². The van der Waals surface area contributed by atoms with Crippen LogP contribution in [0.15, 0.2) is 29.2 Å². The van der Waals surface area contributed by atoms with Crippen LogP contribution in [0.5, 0.6) is 0 Å². The zero-order valence-electron chi connectivity index (χ0n) is 10.4. The quantitative estimate of drug-likeness (QED) is 0.903. The van der Waals surface area contributed by atoms with Crippen molar-refractivity contribution in [1.29, 1.82) is 0 Å². The van der Waals surface area contributed by atoms with Crippen molar-refractivity contribution in [3.8, 4) is 0 Å². The molecule has 1 N–H and O–H groups in total. The summed E-state index contributed by atoms with van der Waals surface area (Å²) >= 11 is 0. The summed E-state index contributed by atoms with van der Waals surface area (Å²) in [5.41, 5.74) is 1.27. The van der Waals surface area contributed by atoms with Gasteiger partial charge in [0.2, 0.25) is 5.43 Å². The second-order valence-corrected chi connectivity index (χ2v) is 4.39. The average molecular weight is 245 g/mol. The monoisotopic (exact) mass is 245 g/mol. The van der Waals surface area contributed by atoms with Gasteiger partial charge >= 0.3 is 5.97 Å². The van der Waals surface area contributed by atoms with Gasteiger partial charge in [0.05, 0.1) is 5.52 Å². The van der Waals surface area contributed by atoms with Crippen LogP contribution in [0.3, 0.4) is 0 Å². The first-order valence-corrected chi connectivity index (χ1v) is 5.91. The number of hydrogen-bond donors (Lipinski definition) is 1. The normalized spacial score (nSPS) is 10.8. The molecule has 0 bridgehead atoms. The molecule has 1 aromatic carbocycles. The molecule has 2 rings (SSSR count). The van der Waals surface area contributed by atoms with Gasteiger partial charge in [-0.15, -0.1) is 0 Å². The highest BCUT2D eigenvalue weighted by molar-refractivity contribution is 5.92. The van der Waals surface area contributed by atoms with Crippen LogP contribution >= 0.6 is 0 Å². The first-order chi connectivity index (χ1) is 8.54. The highest BCUT2D eigenvalue weighted by atomic mass is 16.4. The fourth-order valence-electron chi connectivity index (χ4n) is 2.08. The highest BCUT2D eigenvalue weighted by Gasteiger charge is 2.13. The zero-order chi connectivity index (χ0) is 13.3. The second kappa shape index (κ2) is 4.64. The van der Waals surface area contributed by atoms with Gasteiger partial charge in [-0.2, -0.15) is 0 Å². The number of aromatic carboxylic acids is 1. The summed E-state index contributed by atoms with van der Waals surface area (Å²) in [6, 6.07) is 5.44. The number of benzene rings is 1. The van der Waals surface area contributed by atoms with Gasteiger partial charge in [0, 0.05) is 18.1 Å². The predicted molar refractivity (Wildman–Crippen MR) is 70.2 cm³/mol. The highest BCUT2D eigenvalue weighted by Crippen LogP contribution is 2.14. The van der Waals surface area contributed by atoms with E-state index in [1.165, 1.54) is 6.20 Å². The topological polar surface area (TPSA) is 59.3 Å². The Kier molecular flexibility index (Phi) is 3.19. The lowest BCUT2D eigenvalue weighted by molar-refractivity contribution is 0.0695. The van der Waals surface area contributed by atoms with Gasteiger partial charge in [-0.25, -0.2) is 4.79 Å². The SMILES string of the molecule is CCCn1cc(C(=O)O)c(=O)c2ccc(C)cc21. The average Bonchev–Trinajstić information content (AvgIpc) is 2.32. The van der Waals surface area contributed by atoms with Gasteiger partial charge < -0.3 is 9.67 Å². The van der Waals surface area contributed by atoms with E-state index in [1.54, 1.807) is 6.07 Å². The summed E-state index contributed by atoms with van der Waals surface area (Å²) < 4.78 is 1.84. The molecule has 2 aromatic rings. The predicted octanol–water partition coefficient (Wildman–Crippen LogP) is 2.42. The Morgan fingerprint density at radius 2 is 2.11 bits per heavy atom. The van der Waals surface area contributed by atoms with Crippen LogP contribution in [0, 0.1) is 6.92 Å². The lowest BCUT2D eigenvalue weighted by Gasteiger charge is -2.11. The maximum Gasteiger partial charge on any atom is 0.341 e. The number of carboxylic acids is 1. The summed E-state index contributed by atoms with van der Waals surface area (Å²) in [7, 11) is 0. The fourth-order valence-corrected chi connectivity index (χ4v) is 2.08. The van der Waals surface area contributed by atoms with Crippen molar-refractivity contribution in [2.45, 2.75) is 26.8 Å². The van der Waals surface area contributed by atoms with Crippen molar-refractivity contribution in [3.05, 3.63) is 45.7 Å². The maximum atomic E-state index is 12.0. The molecule has 1 heterocycles. The molecule has 18 heavy (non-hydrogen) atoms. The summed E-state index contributed by atoms with van der Waals surface area (Å²) in [5.74, 6) is -1.17. The van der Waals surface area contributed by atoms with Gasteiger partial charge in [-0.3, -0.25) is 4.79 Å². The van der Waals surface area contributed by atoms with Crippen LogP contribution < -0.4 is 5.43 Å². The number of fused-ring (bicyclic) bond motifs is 1. The molecule has 0 fully saturated rings. The van der Waals surface area contributed by atoms with Crippen molar-refractivity contribution < 1.29 is 9.90 Å². The van der Waals surface area contributed by atoms with Crippen LogP contribution in [0.1, 0.15) is 29.3 Å². The smallest absolute Gasteiger partial charge is 0.341 e. The fraction of sp³-hybridized carbons (Fsp3) is 0.286. The van der Waals surface area contributed by atoms with E-state index in [9.17, 15) is 9.59 Å². The third kappa shape index (κ3) is 2.01. The van der Waals surface area contributed by atoms with Gasteiger partial charge in [-0.05, 0) is 31.0 Å². The van der Waals surface area contributed by atoms with Crippen molar-refractivity contribution in [3.63, 3.8) is 0 Å². The Hall–Kier alpha value is -2.10. The van der Waals surface area contributed by atoms with Gasteiger partial charge in [-0.1, -0.05) is 13.0 Å². The van der Waals surface area contributed by atoms with Gasteiger partial charge in [0.25, 0.3) is 0 Å². The molecule has 0 radical (unpaired) electrons. The van der Waals surface area contributed by atoms with Crippen molar-refractivity contribution >= 4 is 16.9 Å². The first-order valence-electron chi connectivity index (χ1n) is 5.91. The van der Waals surface area contributed by atoms with E-state index in [4.69, 9.17) is 5.11 Å². The molecule has 1 aromatic heterocycles. The molecule has 94 valence electrons. The first kappa shape index (κ1) is 12.4. The van der Waals surface area contributed by atoms with E-state index in [0.29, 0.717) is 11.9 Å². The molecule has 0 aliphatic heterocycles. The van der Waals surface area contributed by atoms with E-state index in [1.807, 2.05) is 30.5 Å². The molecule has 0 atom stereocenters. The molecular formula is C14H15NO3. The lowest BCUT2D eigenvalue weighted by atomic mass is 10.1. The van der Waals surface area contributed by atoms with E-state index in [0.717, 1.165) is 17.5 Å². The van der Waals surface area contributed by atoms with Crippen molar-refractivity contribution in [2.75, 3.05) is 0 Å². The largest absolute Gasteiger partial charge is 0.477 e. The molecule has 0 aliphatic rings. The molecule has 0 spiro atoms. The standard InChI is InChI=1S/C14H15NO3/c1-3-6-15-8-11(14(17)18)13(16)10-5-4-9(2)7-12(10)15/h4-5,7-8H,3,6H2,1-2H3,(H,17,18). The Labute approximate surface area is 104 Å². The summed E-state index contributed by atoms with van der Waals surface area (Å²) in [6.07, 6.45) is 2.32. The van der Waals surface area contributed by atoms with Gasteiger partial charge in [0.15, 0.2) is 0 Å². The van der Waals surface area contributed by atoms with Crippen molar-refractivity contribution in [2.24, 2.45) is 0 Å². The Bertz CT molecular complexity index is 671. The Balaban J connectivity index is 2.87. The van der Waals surface area contributed by atoms with Crippen LogP contribution in [-0.4, -0.2) is 15.6 Å². The minimum atomic E-state index is -1.17. The maximum absolute atomic E-state index is 12.0. The van der Waals surface area contributed by atoms with E-state index in [-0.39, 0.29) is 5.56 Å². The number of carbonyl (C=O) groups is 1. The summed E-state index contributed by atoms with van der Waals surface area (Å²) in [6.45, 7) is 4.66. The molecule has 4 nitrogen and oxygen atoms in total. The Morgan fingerprint density at radius 3 is 2.72 bits per heavy atom. The molecule has 0 aliphatic carbocycles. The number of nitrogens with zero attached hydrogens (tertiary/aromatic N) is 1. The van der Waals surface area contributed by atoms with E-state index < -0.39 is 11.4 Å². The minimum absolute atomic E-state index is 0.167. The minimum Gasteiger partial charge on any atom is -0.477 e. The molecular weight excluding hydrogens is 230 g/mol. The molecule has 0 saturated heterocycles. The third-order valence-corrected chi connectivity index (χ3v) is 2.93. The third-order valence-electron chi connectivity index (χ3n) is 2.93. The van der Waals surface area contributed by atoms with Crippen LogP contribution in [0.25, 0.3) is 10.9 Å². The number of carboxylic acid groups (broad SMARTS) is 1. The van der Waals surface area contributed by atoms with Crippen LogP contribution in [0.2, 0.25) is 0 Å². The van der Waals surface area contributed by atoms with Crippen molar-refractivity contribution in [1.82, 2.24) is 4.57 Å². The second-order valence-electron chi connectivity index (χ2n) is 4.39. The summed E-state index contributed by atoms with van der Waals surface area (Å²) in [5, 5.41) is 9.53. The number of aryl methyl sites for hydroxylation is 2. The van der Waals surface area contributed by atoms with E-state index >= 15 is 0 Å². The molecule has 0 saturated carbocycles. The summed E-state index contributed by atoms with van der Waals surface area (Å²) in [4.78, 5) is 23.1. The molecule has 4 heteroatoms. The van der Waals surface area contributed by atoms with E-state index in [2.05, 4.69) is 0 Å². The molecule has 0 unspecified atom stereocenters. The Morgan fingerprint density at radius 1 is 1.39 bits per heavy atom. The number of hydrogen-bond acceptors (Lipinski definition) is 2. The lowest BCUT2D eigenvalue weighted by Crippen LogP contribution is -2.19. The number of aromatic nitrogens is 1. The molecule has 0 amide bonds. The zero-order valence-corrected chi connectivity index (χ0v) is 10.4. The van der Waals surface area contributed by atoms with Crippen LogP contribution in [-0.2, 0) is 6.54 Å².